The number of pyridine rings is 1. The molecule has 0 spiro atoms. The third-order valence-electron chi connectivity index (χ3n) is 6.41. The highest BCUT2D eigenvalue weighted by Gasteiger charge is 2.23. The van der Waals surface area contributed by atoms with E-state index in [4.69, 9.17) is 19.2 Å². The molecule has 1 atom stereocenters. The fourth-order valence-corrected chi connectivity index (χ4v) is 4.57. The Morgan fingerprint density at radius 3 is 2.86 bits per heavy atom. The summed E-state index contributed by atoms with van der Waals surface area (Å²) in [6.07, 6.45) is 1.19. The Morgan fingerprint density at radius 2 is 2.11 bits per heavy atom. The fourth-order valence-electron chi connectivity index (χ4n) is 4.57. The lowest BCUT2D eigenvalue weighted by molar-refractivity contribution is 0.00801. The zero-order valence-corrected chi connectivity index (χ0v) is 20.4. The van der Waals surface area contributed by atoms with Crippen LogP contribution >= 0.6 is 0 Å². The van der Waals surface area contributed by atoms with Crippen molar-refractivity contribution >= 4 is 22.6 Å². The number of amides is 1. The van der Waals surface area contributed by atoms with Gasteiger partial charge >= 0.3 is 0 Å². The van der Waals surface area contributed by atoms with Crippen LogP contribution in [-0.2, 0) is 11.3 Å². The van der Waals surface area contributed by atoms with Crippen molar-refractivity contribution < 1.29 is 24.1 Å². The molecule has 0 saturated carbocycles. The van der Waals surface area contributed by atoms with Gasteiger partial charge in [0.2, 0.25) is 5.62 Å². The molecule has 4 heterocycles. The van der Waals surface area contributed by atoms with Crippen LogP contribution in [0.1, 0.15) is 16.1 Å². The van der Waals surface area contributed by atoms with Gasteiger partial charge in [-0.25, -0.2) is 4.98 Å². The molecule has 0 aliphatic carbocycles. The summed E-state index contributed by atoms with van der Waals surface area (Å²) >= 11 is 0. The van der Waals surface area contributed by atoms with E-state index in [-0.39, 0.29) is 12.2 Å². The number of nitrogens with zero attached hydrogens (tertiary/aromatic N) is 5. The molecule has 11 heteroatoms. The van der Waals surface area contributed by atoms with Gasteiger partial charge in [-0.05, 0) is 31.2 Å². The Hall–Kier alpha value is -3.54. The van der Waals surface area contributed by atoms with Crippen molar-refractivity contribution in [2.75, 3.05) is 58.4 Å². The second kappa shape index (κ2) is 10.6. The fraction of sp³-hybridized carbons (Fsp3) is 0.440. The number of nitrogens with one attached hydrogen (secondary N) is 1. The van der Waals surface area contributed by atoms with Gasteiger partial charge in [0.05, 0.1) is 38.2 Å². The van der Waals surface area contributed by atoms with Crippen molar-refractivity contribution in [2.24, 2.45) is 4.99 Å². The maximum Gasteiger partial charge on any atom is 0.282 e. The number of benzene rings is 1. The van der Waals surface area contributed by atoms with E-state index < -0.39 is 12.0 Å². The van der Waals surface area contributed by atoms with E-state index in [0.717, 1.165) is 24.3 Å². The number of aryl methyl sites for hydroxylation is 1. The van der Waals surface area contributed by atoms with Crippen LogP contribution in [0.2, 0.25) is 0 Å². The largest absolute Gasteiger partial charge is 0.491 e. The first-order valence-corrected chi connectivity index (χ1v) is 12.0. The molecule has 2 aromatic heterocycles. The lowest BCUT2D eigenvalue weighted by Crippen LogP contribution is -2.43. The molecule has 1 fully saturated rings. The number of methoxy groups -OCH3 is 1. The number of hydrogen-bond acceptors (Lipinski definition) is 9. The molecule has 36 heavy (non-hydrogen) atoms. The minimum absolute atomic E-state index is 0.146. The Balaban J connectivity index is 1.55. The first-order chi connectivity index (χ1) is 17.6. The number of fused-ring (bicyclic) bond motifs is 3. The Bertz CT molecular complexity index is 1330. The van der Waals surface area contributed by atoms with Crippen molar-refractivity contribution in [3.05, 3.63) is 47.3 Å². The summed E-state index contributed by atoms with van der Waals surface area (Å²) < 4.78 is 19.2. The first-order valence-electron chi connectivity index (χ1n) is 12.0. The normalized spacial score (nSPS) is 17.0. The first kappa shape index (κ1) is 24.2. The monoisotopic (exact) mass is 494 g/mol. The van der Waals surface area contributed by atoms with E-state index in [1.807, 2.05) is 16.7 Å². The maximum atomic E-state index is 13.0. The van der Waals surface area contributed by atoms with Crippen LogP contribution in [0.15, 0.2) is 35.5 Å². The minimum atomic E-state index is -0.448. The third-order valence-corrected chi connectivity index (χ3v) is 6.41. The van der Waals surface area contributed by atoms with Gasteiger partial charge in [-0.3, -0.25) is 19.2 Å². The van der Waals surface area contributed by atoms with Crippen molar-refractivity contribution in [1.82, 2.24) is 19.4 Å². The number of rotatable bonds is 7. The van der Waals surface area contributed by atoms with Crippen LogP contribution in [0.25, 0.3) is 10.9 Å². The summed E-state index contributed by atoms with van der Waals surface area (Å²) in [5.41, 5.74) is 1.83. The van der Waals surface area contributed by atoms with Gasteiger partial charge in [-0.2, -0.15) is 4.99 Å². The molecule has 1 saturated heterocycles. The van der Waals surface area contributed by atoms with Crippen LogP contribution in [-0.4, -0.2) is 89.7 Å². The Kier molecular flexibility index (Phi) is 7.12. The highest BCUT2D eigenvalue weighted by atomic mass is 16.5. The number of ether oxygens (including phenoxy) is 3. The molecule has 2 N–H and O–H groups in total. The molecule has 5 rings (SSSR count). The molecule has 190 valence electrons. The number of aliphatic hydroxyl groups excluding tert-OH is 1. The molecule has 3 aromatic rings. The molecule has 11 nitrogen and oxygen atoms in total. The summed E-state index contributed by atoms with van der Waals surface area (Å²) in [6, 6.07) is 7.15. The van der Waals surface area contributed by atoms with Crippen LogP contribution in [0.3, 0.4) is 0 Å². The van der Waals surface area contributed by atoms with Gasteiger partial charge in [0, 0.05) is 44.3 Å². The summed E-state index contributed by atoms with van der Waals surface area (Å²) in [5.74, 6) is 1.29. The lowest BCUT2D eigenvalue weighted by Gasteiger charge is -2.30. The molecule has 1 unspecified atom stereocenters. The second-order valence-electron chi connectivity index (χ2n) is 8.72. The predicted molar refractivity (Wildman–Crippen MR) is 132 cm³/mol. The van der Waals surface area contributed by atoms with E-state index in [9.17, 15) is 9.90 Å². The average molecular weight is 495 g/mol. The zero-order chi connectivity index (χ0) is 25.1. The number of aromatic nitrogens is 3. The molecule has 1 amide bonds. The van der Waals surface area contributed by atoms with Gasteiger partial charge in [0.1, 0.15) is 17.4 Å². The van der Waals surface area contributed by atoms with E-state index in [1.165, 1.54) is 0 Å². The molecule has 1 aromatic carbocycles. The van der Waals surface area contributed by atoms with E-state index in [2.05, 4.69) is 20.2 Å². The molecule has 0 radical (unpaired) electrons. The molecule has 2 aliphatic rings. The standard InChI is InChI=1S/C25H30N6O5/c1-16-18(4-3-7-26-16)24(33)29-25-28-21-19(23-27-8-9-31(23)25)5-6-20(22(21)34-2)36-17(15-32)14-30-10-12-35-13-11-30/h3-7,17,27,32H,8-15H2,1-2H3. The number of carbonyl (C=O) groups excluding carboxylic acids is 1. The minimum Gasteiger partial charge on any atom is -0.491 e. The SMILES string of the molecule is COc1c(OC(CO)CN2CCOCC2)ccc2c3n(c(=NC(=O)c4cccnc4C)nc12)CCN3. The van der Waals surface area contributed by atoms with Crippen molar-refractivity contribution in [2.45, 2.75) is 19.6 Å². The van der Waals surface area contributed by atoms with E-state index in [1.54, 1.807) is 32.4 Å². The smallest absolute Gasteiger partial charge is 0.282 e. The second-order valence-corrected chi connectivity index (χ2v) is 8.72. The van der Waals surface area contributed by atoms with Gasteiger partial charge in [0.25, 0.3) is 5.91 Å². The van der Waals surface area contributed by atoms with Gasteiger partial charge < -0.3 is 24.6 Å². The summed E-state index contributed by atoms with van der Waals surface area (Å²) in [7, 11) is 1.55. The zero-order valence-electron chi connectivity index (χ0n) is 20.4. The van der Waals surface area contributed by atoms with Crippen molar-refractivity contribution in [3.8, 4) is 11.5 Å². The highest BCUT2D eigenvalue weighted by Crippen LogP contribution is 2.37. The topological polar surface area (TPSA) is 123 Å². The molecular weight excluding hydrogens is 464 g/mol. The predicted octanol–water partition coefficient (Wildman–Crippen LogP) is 0.987. The summed E-state index contributed by atoms with van der Waals surface area (Å²) in [6.45, 7) is 6.43. The quantitative estimate of drug-likeness (QED) is 0.495. The number of morpholine rings is 1. The number of carbonyl (C=O) groups is 1. The van der Waals surface area contributed by atoms with Crippen LogP contribution in [0.4, 0.5) is 5.82 Å². The van der Waals surface area contributed by atoms with Crippen LogP contribution in [0, 0.1) is 6.92 Å². The molecular formula is C25H30N6O5. The number of aliphatic hydroxyl groups is 1. The molecule has 0 bridgehead atoms. The highest BCUT2D eigenvalue weighted by molar-refractivity contribution is 5.97. The molecule has 2 aliphatic heterocycles. The Labute approximate surface area is 208 Å². The van der Waals surface area contributed by atoms with Crippen molar-refractivity contribution in [3.63, 3.8) is 0 Å². The van der Waals surface area contributed by atoms with Crippen LogP contribution in [0.5, 0.6) is 11.5 Å². The number of anilines is 1. The average Bonchev–Trinajstić information content (AvgIpc) is 3.39. The summed E-state index contributed by atoms with van der Waals surface area (Å²) in [5, 5.41) is 14.2. The van der Waals surface area contributed by atoms with Crippen molar-refractivity contribution in [1.29, 1.82) is 0 Å². The maximum absolute atomic E-state index is 13.0. The van der Waals surface area contributed by atoms with Gasteiger partial charge in [-0.15, -0.1) is 0 Å². The van der Waals surface area contributed by atoms with Gasteiger partial charge in [-0.1, -0.05) is 0 Å². The number of hydrogen-bond donors (Lipinski definition) is 2. The Morgan fingerprint density at radius 1 is 1.28 bits per heavy atom. The van der Waals surface area contributed by atoms with E-state index in [0.29, 0.717) is 61.1 Å². The third kappa shape index (κ3) is 4.77. The van der Waals surface area contributed by atoms with Crippen LogP contribution < -0.4 is 20.4 Å². The van der Waals surface area contributed by atoms with Gasteiger partial charge in [0.15, 0.2) is 11.5 Å². The lowest BCUT2D eigenvalue weighted by atomic mass is 10.2. The van der Waals surface area contributed by atoms with E-state index >= 15 is 0 Å². The summed E-state index contributed by atoms with van der Waals surface area (Å²) in [4.78, 5) is 28.5.